The minimum absolute atomic E-state index is 0.134. The molecule has 5 nitrogen and oxygen atoms in total. The van der Waals surface area contributed by atoms with Crippen LogP contribution in [0.25, 0.3) is 0 Å². The Balaban J connectivity index is 1.94. The maximum atomic E-state index is 12.2. The molecule has 0 aromatic heterocycles. The normalized spacial score (nSPS) is 16.1. The number of halogens is 1. The summed E-state index contributed by atoms with van der Waals surface area (Å²) in [4.78, 5) is 23.3. The molecule has 0 unspecified atom stereocenters. The summed E-state index contributed by atoms with van der Waals surface area (Å²) < 4.78 is 5.65. The average Bonchev–Trinajstić information content (AvgIpc) is 3.19. The fourth-order valence-corrected chi connectivity index (χ4v) is 2.05. The maximum absolute atomic E-state index is 12.2. The molecule has 1 amide bonds. The fraction of sp³-hybridized carbons (Fsp3) is 0.467. The Morgan fingerprint density at radius 3 is 2.38 bits per heavy atom. The Morgan fingerprint density at radius 1 is 1.33 bits per heavy atom. The Morgan fingerprint density at radius 2 is 1.90 bits per heavy atom. The summed E-state index contributed by atoms with van der Waals surface area (Å²) in [6, 6.07) is 6.71. The second-order valence-corrected chi connectivity index (χ2v) is 6.27. The van der Waals surface area contributed by atoms with Gasteiger partial charge in [-0.05, 0) is 51.0 Å². The first-order chi connectivity index (χ1) is 9.75. The van der Waals surface area contributed by atoms with Gasteiger partial charge in [-0.25, -0.2) is 0 Å². The van der Waals surface area contributed by atoms with Crippen LogP contribution in [0, 0.1) is 5.41 Å². The van der Waals surface area contributed by atoms with Gasteiger partial charge in [0.2, 0.25) is 0 Å². The van der Waals surface area contributed by atoms with E-state index in [0.29, 0.717) is 23.6 Å². The number of hydrogen-bond donors (Lipinski definition) is 2. The molecule has 2 rings (SSSR count). The molecule has 0 saturated heterocycles. The number of carbonyl (C=O) groups excluding carboxylic acids is 1. The Hall–Kier alpha value is -1.75. The highest BCUT2D eigenvalue weighted by Gasteiger charge is 2.50. The number of benzene rings is 1. The number of carbonyl (C=O) groups is 2. The Kier molecular flexibility index (Phi) is 4.14. The van der Waals surface area contributed by atoms with Gasteiger partial charge in [0.15, 0.2) is 5.60 Å². The predicted octanol–water partition coefficient (Wildman–Crippen LogP) is 2.48. The van der Waals surface area contributed by atoms with E-state index in [1.54, 1.807) is 38.1 Å². The van der Waals surface area contributed by atoms with Crippen molar-refractivity contribution in [3.05, 3.63) is 29.3 Å². The smallest absolute Gasteiger partial charge is 0.311 e. The van der Waals surface area contributed by atoms with E-state index >= 15 is 0 Å². The molecule has 2 N–H and O–H groups in total. The monoisotopic (exact) mass is 311 g/mol. The van der Waals surface area contributed by atoms with E-state index in [0.717, 1.165) is 0 Å². The third-order valence-corrected chi connectivity index (χ3v) is 3.88. The van der Waals surface area contributed by atoms with Crippen LogP contribution >= 0.6 is 11.6 Å². The van der Waals surface area contributed by atoms with Gasteiger partial charge in [-0.1, -0.05) is 11.6 Å². The minimum atomic E-state index is -1.09. The molecule has 21 heavy (non-hydrogen) atoms. The van der Waals surface area contributed by atoms with E-state index in [-0.39, 0.29) is 12.5 Å². The summed E-state index contributed by atoms with van der Waals surface area (Å²) >= 11 is 5.79. The molecule has 0 spiro atoms. The largest absolute Gasteiger partial charge is 0.481 e. The summed E-state index contributed by atoms with van der Waals surface area (Å²) in [6.07, 6.45) is 1.20. The van der Waals surface area contributed by atoms with Crippen molar-refractivity contribution >= 4 is 23.5 Å². The topological polar surface area (TPSA) is 75.6 Å². The van der Waals surface area contributed by atoms with Crippen LogP contribution in [-0.4, -0.2) is 29.1 Å². The van der Waals surface area contributed by atoms with Crippen molar-refractivity contribution in [1.82, 2.24) is 5.32 Å². The number of aliphatic carboxylic acids is 1. The molecule has 0 heterocycles. The molecule has 1 fully saturated rings. The Labute approximate surface area is 128 Å². The van der Waals surface area contributed by atoms with Crippen LogP contribution in [0.1, 0.15) is 26.7 Å². The van der Waals surface area contributed by atoms with Crippen molar-refractivity contribution in [3.8, 4) is 5.75 Å². The van der Waals surface area contributed by atoms with Crippen LogP contribution in [0.5, 0.6) is 5.75 Å². The lowest BCUT2D eigenvalue weighted by atomic mass is 10.1. The van der Waals surface area contributed by atoms with Gasteiger partial charge in [0.25, 0.3) is 5.91 Å². The molecular formula is C15H18ClNO4. The van der Waals surface area contributed by atoms with Gasteiger partial charge in [-0.15, -0.1) is 0 Å². The summed E-state index contributed by atoms with van der Waals surface area (Å²) in [6.45, 7) is 3.41. The van der Waals surface area contributed by atoms with Crippen LogP contribution in [0.4, 0.5) is 0 Å². The first-order valence-corrected chi connectivity index (χ1v) is 7.09. The zero-order valence-electron chi connectivity index (χ0n) is 12.0. The molecule has 1 aliphatic carbocycles. The van der Waals surface area contributed by atoms with Crippen molar-refractivity contribution in [2.24, 2.45) is 5.41 Å². The SMILES string of the molecule is CC(C)(Oc1ccc(Cl)cc1)C(=O)NCC1(C(=O)O)CC1. The van der Waals surface area contributed by atoms with Gasteiger partial charge in [-0.2, -0.15) is 0 Å². The van der Waals surface area contributed by atoms with Gasteiger partial charge in [0.1, 0.15) is 5.75 Å². The highest BCUT2D eigenvalue weighted by Crippen LogP contribution is 2.45. The molecule has 0 bridgehead atoms. The van der Waals surface area contributed by atoms with Crippen molar-refractivity contribution in [2.45, 2.75) is 32.3 Å². The average molecular weight is 312 g/mol. The quantitative estimate of drug-likeness (QED) is 0.846. The van der Waals surface area contributed by atoms with Gasteiger partial charge in [0, 0.05) is 11.6 Å². The van der Waals surface area contributed by atoms with E-state index in [2.05, 4.69) is 5.32 Å². The highest BCUT2D eigenvalue weighted by molar-refractivity contribution is 6.30. The van der Waals surface area contributed by atoms with Crippen LogP contribution in [0.15, 0.2) is 24.3 Å². The van der Waals surface area contributed by atoms with E-state index in [4.69, 9.17) is 21.4 Å². The van der Waals surface area contributed by atoms with Gasteiger partial charge >= 0.3 is 5.97 Å². The second kappa shape index (κ2) is 5.56. The molecule has 0 atom stereocenters. The molecule has 1 aromatic carbocycles. The van der Waals surface area contributed by atoms with Crippen LogP contribution in [0.2, 0.25) is 5.02 Å². The third kappa shape index (κ3) is 3.67. The summed E-state index contributed by atoms with van der Waals surface area (Å²) in [5.74, 6) is -0.678. The maximum Gasteiger partial charge on any atom is 0.311 e. The van der Waals surface area contributed by atoms with Crippen LogP contribution in [0.3, 0.4) is 0 Å². The number of ether oxygens (including phenoxy) is 1. The molecule has 114 valence electrons. The van der Waals surface area contributed by atoms with Crippen LogP contribution in [-0.2, 0) is 9.59 Å². The predicted molar refractivity (Wildman–Crippen MR) is 78.5 cm³/mol. The van der Waals surface area contributed by atoms with E-state index in [1.807, 2.05) is 0 Å². The zero-order valence-corrected chi connectivity index (χ0v) is 12.7. The van der Waals surface area contributed by atoms with Crippen molar-refractivity contribution in [1.29, 1.82) is 0 Å². The molecule has 1 aromatic rings. The van der Waals surface area contributed by atoms with Crippen LogP contribution < -0.4 is 10.1 Å². The number of hydrogen-bond acceptors (Lipinski definition) is 3. The number of carboxylic acid groups (broad SMARTS) is 1. The first kappa shape index (κ1) is 15.6. The number of rotatable bonds is 6. The standard InChI is InChI=1S/C15H18ClNO4/c1-14(2,21-11-5-3-10(16)4-6-11)12(18)17-9-15(7-8-15)13(19)20/h3-6H,7-9H2,1-2H3,(H,17,18)(H,19,20). The van der Waals surface area contributed by atoms with Crippen molar-refractivity contribution in [2.75, 3.05) is 6.54 Å². The number of carboxylic acids is 1. The van der Waals surface area contributed by atoms with Crippen molar-refractivity contribution < 1.29 is 19.4 Å². The summed E-state index contributed by atoms with van der Waals surface area (Å²) in [7, 11) is 0. The Bertz CT molecular complexity index is 549. The van der Waals surface area contributed by atoms with Crippen molar-refractivity contribution in [3.63, 3.8) is 0 Å². The fourth-order valence-electron chi connectivity index (χ4n) is 1.92. The number of nitrogens with one attached hydrogen (secondary N) is 1. The second-order valence-electron chi connectivity index (χ2n) is 5.83. The lowest BCUT2D eigenvalue weighted by molar-refractivity contribution is -0.143. The molecule has 1 saturated carbocycles. The lowest BCUT2D eigenvalue weighted by Gasteiger charge is -2.26. The molecule has 1 aliphatic rings. The first-order valence-electron chi connectivity index (χ1n) is 6.71. The van der Waals surface area contributed by atoms with E-state index < -0.39 is 17.0 Å². The molecule has 0 aliphatic heterocycles. The van der Waals surface area contributed by atoms with Gasteiger partial charge in [0.05, 0.1) is 5.41 Å². The van der Waals surface area contributed by atoms with Gasteiger partial charge in [-0.3, -0.25) is 9.59 Å². The minimum Gasteiger partial charge on any atom is -0.481 e. The summed E-state index contributed by atoms with van der Waals surface area (Å²) in [5, 5.41) is 12.3. The molecular weight excluding hydrogens is 294 g/mol. The molecule has 0 radical (unpaired) electrons. The third-order valence-electron chi connectivity index (χ3n) is 3.63. The molecule has 6 heteroatoms. The number of amides is 1. The highest BCUT2D eigenvalue weighted by atomic mass is 35.5. The van der Waals surface area contributed by atoms with E-state index in [9.17, 15) is 9.59 Å². The summed E-state index contributed by atoms with van der Waals surface area (Å²) in [5.41, 5.74) is -1.88. The van der Waals surface area contributed by atoms with E-state index in [1.165, 1.54) is 0 Å². The van der Waals surface area contributed by atoms with Gasteiger partial charge < -0.3 is 15.2 Å². The lowest BCUT2D eigenvalue weighted by Crippen LogP contribution is -2.48. The zero-order chi connectivity index (χ0) is 15.7.